The molecule has 8 heteroatoms. The Hall–Kier alpha value is -0.865. The van der Waals surface area contributed by atoms with Crippen LogP contribution in [0.4, 0.5) is 26.3 Å². The molecule has 0 aromatic carbocycles. The Morgan fingerprint density at radius 3 is 1.42 bits per heavy atom. The average Bonchev–Trinajstić information content (AvgIpc) is 1.77. The first-order valence-electron chi connectivity index (χ1n) is 2.70. The van der Waals surface area contributed by atoms with E-state index in [0.29, 0.717) is 0 Å². The lowest BCUT2D eigenvalue weighted by atomic mass is 9.46. The number of nitrogens with zero attached hydrogens (tertiary/aromatic N) is 1. The quantitative estimate of drug-likeness (QED) is 0.458. The molecule has 1 nitrogen and oxygen atoms in total. The molecule has 0 aliphatic carbocycles. The van der Waals surface area contributed by atoms with E-state index >= 15 is 0 Å². The first-order valence-corrected chi connectivity index (χ1v) is 2.70. The Morgan fingerprint density at radius 1 is 1.00 bits per heavy atom. The summed E-state index contributed by atoms with van der Waals surface area (Å²) >= 11 is 0. The van der Waals surface area contributed by atoms with Crippen LogP contribution in [-0.2, 0) is 0 Å². The fraction of sp³-hybridized carbons (Fsp3) is 0.750. The first-order chi connectivity index (χ1) is 5.19. The van der Waals surface area contributed by atoms with Crippen LogP contribution in [0, 0.1) is 11.3 Å². The van der Waals surface area contributed by atoms with Gasteiger partial charge in [0.2, 0.25) is 0 Å². The first kappa shape index (κ1) is 11.1. The molecule has 0 amide bonds. The molecule has 0 radical (unpaired) electrons. The van der Waals surface area contributed by atoms with Crippen LogP contribution in [0.25, 0.3) is 0 Å². The molecular weight excluding hydrogens is 187 g/mol. The summed E-state index contributed by atoms with van der Waals surface area (Å²) in [5.74, 6) is 0. The van der Waals surface area contributed by atoms with Crippen molar-refractivity contribution in [1.82, 2.24) is 0 Å². The van der Waals surface area contributed by atoms with Gasteiger partial charge in [0.25, 0.3) is 0 Å². The second kappa shape index (κ2) is 3.25. The zero-order valence-electron chi connectivity index (χ0n) is 5.50. The largest absolute Gasteiger partial charge is 0.414 e. The highest BCUT2D eigenvalue weighted by atomic mass is 19.4. The number of nitriles is 1. The van der Waals surface area contributed by atoms with Crippen molar-refractivity contribution < 1.29 is 26.3 Å². The van der Waals surface area contributed by atoms with Crippen molar-refractivity contribution >= 4 is 6.71 Å². The van der Waals surface area contributed by atoms with E-state index < -0.39 is 25.2 Å². The molecule has 0 aliphatic rings. The lowest BCUT2D eigenvalue weighted by Gasteiger charge is -2.16. The summed E-state index contributed by atoms with van der Waals surface area (Å²) in [6, 6.07) is 0.841. The monoisotopic (exact) mass is 189 g/mol. The molecule has 0 aromatic rings. The van der Waals surface area contributed by atoms with E-state index in [0.717, 1.165) is 6.07 Å². The third-order valence-electron chi connectivity index (χ3n) is 1.09. The highest BCUT2D eigenvalue weighted by Gasteiger charge is 2.60. The zero-order chi connectivity index (χ0) is 9.99. The standard InChI is InChI=1S/C4H2BF6N/c6-3(7,8)5(1-2-12)4(9,10)11/h1H2. The Morgan fingerprint density at radius 2 is 1.33 bits per heavy atom. The molecule has 0 saturated carbocycles. The van der Waals surface area contributed by atoms with E-state index in [2.05, 4.69) is 0 Å². The van der Waals surface area contributed by atoms with Crippen molar-refractivity contribution in [3.05, 3.63) is 0 Å². The molecule has 0 saturated heterocycles. The number of rotatable bonds is 1. The Kier molecular flexibility index (Phi) is 3.01. The van der Waals surface area contributed by atoms with Gasteiger partial charge in [-0.1, -0.05) is 0 Å². The van der Waals surface area contributed by atoms with Crippen molar-refractivity contribution in [3.8, 4) is 6.07 Å². The zero-order valence-corrected chi connectivity index (χ0v) is 5.50. The summed E-state index contributed by atoms with van der Waals surface area (Å²) < 4.78 is 69.2. The van der Waals surface area contributed by atoms with Crippen molar-refractivity contribution in [3.63, 3.8) is 0 Å². The molecule has 0 heterocycles. The summed E-state index contributed by atoms with van der Waals surface area (Å²) in [6.45, 7) is -3.53. The molecule has 0 rings (SSSR count). The lowest BCUT2D eigenvalue weighted by Crippen LogP contribution is -2.46. The minimum absolute atomic E-state index is 0.841. The Labute approximate surface area is 64.0 Å². The topological polar surface area (TPSA) is 23.8 Å². The van der Waals surface area contributed by atoms with E-state index in [9.17, 15) is 26.3 Å². The average molecular weight is 189 g/mol. The third kappa shape index (κ3) is 3.03. The van der Waals surface area contributed by atoms with E-state index in [1.165, 1.54) is 0 Å². The van der Waals surface area contributed by atoms with Gasteiger partial charge in [-0.15, -0.1) is 0 Å². The highest BCUT2D eigenvalue weighted by Crippen LogP contribution is 2.33. The Bertz CT molecular complexity index is 173. The summed E-state index contributed by atoms with van der Waals surface area (Å²) in [5.41, 5.74) is 0. The normalized spacial score (nSPS) is 12.4. The summed E-state index contributed by atoms with van der Waals surface area (Å²) in [6.07, 6.45) is -12.4. The molecule has 12 heavy (non-hydrogen) atoms. The van der Waals surface area contributed by atoms with Crippen LogP contribution in [0.5, 0.6) is 0 Å². The fourth-order valence-electron chi connectivity index (χ4n) is 0.508. The van der Waals surface area contributed by atoms with Crippen LogP contribution in [0.1, 0.15) is 0 Å². The van der Waals surface area contributed by atoms with Crippen LogP contribution in [-0.4, -0.2) is 18.9 Å². The maximum absolute atomic E-state index is 11.5. The second-order valence-electron chi connectivity index (χ2n) is 2.00. The number of alkyl halides is 6. The van der Waals surface area contributed by atoms with E-state index in [1.807, 2.05) is 0 Å². The van der Waals surface area contributed by atoms with Gasteiger partial charge in [-0.05, 0) is 0 Å². The fourth-order valence-corrected chi connectivity index (χ4v) is 0.508. The van der Waals surface area contributed by atoms with Gasteiger partial charge in [0, 0.05) is 6.32 Å². The van der Waals surface area contributed by atoms with Crippen molar-refractivity contribution in [2.75, 3.05) is 0 Å². The predicted molar refractivity (Wildman–Crippen MR) is 28.3 cm³/mol. The molecule has 0 bridgehead atoms. The van der Waals surface area contributed by atoms with Gasteiger partial charge in [0.15, 0.2) is 0 Å². The van der Waals surface area contributed by atoms with Crippen LogP contribution >= 0.6 is 0 Å². The number of halogens is 6. The molecule has 0 fully saturated rings. The number of hydrogen-bond donors (Lipinski definition) is 0. The molecule has 0 atom stereocenters. The van der Waals surface area contributed by atoms with E-state index in [1.54, 1.807) is 0 Å². The molecule has 0 aromatic heterocycles. The Balaban J connectivity index is 4.59. The van der Waals surface area contributed by atoms with Crippen LogP contribution in [0.15, 0.2) is 0 Å². The summed E-state index contributed by atoms with van der Waals surface area (Å²) in [7, 11) is 0. The van der Waals surface area contributed by atoms with Crippen LogP contribution in [0.3, 0.4) is 0 Å². The minimum atomic E-state index is -5.39. The molecule has 0 spiro atoms. The van der Waals surface area contributed by atoms with Crippen LogP contribution < -0.4 is 0 Å². The molecule has 0 N–H and O–H groups in total. The van der Waals surface area contributed by atoms with Gasteiger partial charge >= 0.3 is 18.9 Å². The van der Waals surface area contributed by atoms with Crippen molar-refractivity contribution in [2.45, 2.75) is 18.5 Å². The SMILES string of the molecule is N#CCB(C(F)(F)F)C(F)(F)F. The molecule has 0 aliphatic heterocycles. The van der Waals surface area contributed by atoms with Gasteiger partial charge in [-0.2, -0.15) is 31.6 Å². The third-order valence-corrected chi connectivity index (χ3v) is 1.09. The maximum atomic E-state index is 11.5. The van der Waals surface area contributed by atoms with Gasteiger partial charge in [0.1, 0.15) is 0 Å². The molecule has 68 valence electrons. The predicted octanol–water partition coefficient (Wildman–Crippen LogP) is 2.21. The number of hydrogen-bond acceptors (Lipinski definition) is 1. The smallest absolute Gasteiger partial charge is 0.199 e. The summed E-state index contributed by atoms with van der Waals surface area (Å²) in [4.78, 5) is 0. The second-order valence-corrected chi connectivity index (χ2v) is 2.00. The highest BCUT2D eigenvalue weighted by molar-refractivity contribution is 6.63. The van der Waals surface area contributed by atoms with Crippen LogP contribution in [0.2, 0.25) is 6.32 Å². The lowest BCUT2D eigenvalue weighted by molar-refractivity contribution is -0.104. The van der Waals surface area contributed by atoms with Crippen molar-refractivity contribution in [1.29, 1.82) is 5.26 Å². The van der Waals surface area contributed by atoms with Crippen molar-refractivity contribution in [2.24, 2.45) is 0 Å². The molecule has 0 unspecified atom stereocenters. The summed E-state index contributed by atoms with van der Waals surface area (Å²) in [5, 5.41) is 7.71. The maximum Gasteiger partial charge on any atom is 0.414 e. The van der Waals surface area contributed by atoms with Gasteiger partial charge in [-0.3, -0.25) is 0 Å². The minimum Gasteiger partial charge on any atom is -0.199 e. The van der Waals surface area contributed by atoms with E-state index in [4.69, 9.17) is 5.26 Å². The van der Waals surface area contributed by atoms with Gasteiger partial charge in [-0.25, -0.2) is 0 Å². The van der Waals surface area contributed by atoms with Gasteiger partial charge in [0.05, 0.1) is 6.07 Å². The molecular formula is C4H2BF6N. The van der Waals surface area contributed by atoms with E-state index in [-0.39, 0.29) is 0 Å². The van der Waals surface area contributed by atoms with Gasteiger partial charge < -0.3 is 0 Å².